The van der Waals surface area contributed by atoms with Crippen LogP contribution >= 0.6 is 11.6 Å². The van der Waals surface area contributed by atoms with Crippen LogP contribution in [0, 0.1) is 5.95 Å². The second-order valence-electron chi connectivity index (χ2n) is 4.29. The fraction of sp³-hybridized carbons (Fsp3) is 0.200. The van der Waals surface area contributed by atoms with Crippen LogP contribution in [0.4, 0.5) is 4.39 Å². The normalized spacial score (nSPS) is 10.3. The monoisotopic (exact) mass is 292 g/mol. The molecule has 2 rings (SSSR count). The van der Waals surface area contributed by atoms with Crippen LogP contribution in [-0.2, 0) is 6.54 Å². The van der Waals surface area contributed by atoms with Crippen LogP contribution in [-0.4, -0.2) is 22.3 Å². The number of carbonyl (C=O) groups is 1. The lowest BCUT2D eigenvalue weighted by Crippen LogP contribution is -2.31. The maximum Gasteiger partial charge on any atom is 0.272 e. The van der Waals surface area contributed by atoms with Crippen molar-refractivity contribution in [2.45, 2.75) is 13.5 Å². The third kappa shape index (κ3) is 3.54. The molecule has 1 heterocycles. The summed E-state index contributed by atoms with van der Waals surface area (Å²) in [4.78, 5) is 17.5. The van der Waals surface area contributed by atoms with Crippen molar-refractivity contribution in [3.8, 4) is 0 Å². The number of amides is 1. The van der Waals surface area contributed by atoms with Crippen molar-refractivity contribution in [1.82, 2.24) is 9.88 Å². The Morgan fingerprint density at radius 2 is 2.05 bits per heavy atom. The topological polar surface area (TPSA) is 33.2 Å². The van der Waals surface area contributed by atoms with Crippen molar-refractivity contribution in [3.63, 3.8) is 0 Å². The van der Waals surface area contributed by atoms with Gasteiger partial charge in [0.15, 0.2) is 0 Å². The third-order valence-electron chi connectivity index (χ3n) is 2.87. The molecule has 0 saturated carbocycles. The van der Waals surface area contributed by atoms with Crippen LogP contribution in [0.5, 0.6) is 0 Å². The quantitative estimate of drug-likeness (QED) is 0.808. The van der Waals surface area contributed by atoms with E-state index in [-0.39, 0.29) is 11.6 Å². The molecule has 1 aromatic heterocycles. The zero-order chi connectivity index (χ0) is 14.5. The van der Waals surface area contributed by atoms with E-state index in [0.29, 0.717) is 18.1 Å². The van der Waals surface area contributed by atoms with Gasteiger partial charge in [-0.15, -0.1) is 0 Å². The molecule has 1 amide bonds. The fourth-order valence-corrected chi connectivity index (χ4v) is 2.09. The number of hydrogen-bond donors (Lipinski definition) is 0. The van der Waals surface area contributed by atoms with Gasteiger partial charge in [-0.3, -0.25) is 4.79 Å². The van der Waals surface area contributed by atoms with Gasteiger partial charge in [0, 0.05) is 18.1 Å². The van der Waals surface area contributed by atoms with E-state index in [4.69, 9.17) is 11.6 Å². The van der Waals surface area contributed by atoms with Gasteiger partial charge in [-0.05, 0) is 36.8 Å². The number of carbonyl (C=O) groups excluding carboxylic acids is 1. The highest BCUT2D eigenvalue weighted by Crippen LogP contribution is 2.14. The van der Waals surface area contributed by atoms with Crippen molar-refractivity contribution in [1.29, 1.82) is 0 Å². The lowest BCUT2D eigenvalue weighted by atomic mass is 10.2. The second-order valence-corrected chi connectivity index (χ2v) is 4.73. The molecular weight excluding hydrogens is 279 g/mol. The van der Waals surface area contributed by atoms with E-state index in [1.807, 2.05) is 19.1 Å². The first-order valence-electron chi connectivity index (χ1n) is 6.26. The fourth-order valence-electron chi connectivity index (χ4n) is 1.87. The Bertz CT molecular complexity index is 618. The molecule has 0 aliphatic heterocycles. The Labute approximate surface area is 122 Å². The van der Waals surface area contributed by atoms with Crippen LogP contribution in [0.2, 0.25) is 5.02 Å². The van der Waals surface area contributed by atoms with Gasteiger partial charge < -0.3 is 4.90 Å². The van der Waals surface area contributed by atoms with Crippen LogP contribution in [0.3, 0.4) is 0 Å². The first kappa shape index (κ1) is 14.5. The minimum absolute atomic E-state index is 0.105. The zero-order valence-corrected chi connectivity index (χ0v) is 11.8. The number of aromatic nitrogens is 1. The van der Waals surface area contributed by atoms with E-state index in [9.17, 15) is 9.18 Å². The van der Waals surface area contributed by atoms with Crippen molar-refractivity contribution < 1.29 is 9.18 Å². The molecule has 0 atom stereocenters. The maximum atomic E-state index is 13.1. The highest BCUT2D eigenvalue weighted by Gasteiger charge is 2.16. The highest BCUT2D eigenvalue weighted by molar-refractivity contribution is 6.30. The lowest BCUT2D eigenvalue weighted by Gasteiger charge is -2.20. The molecule has 0 radical (unpaired) electrons. The molecule has 0 bridgehead atoms. The third-order valence-corrected chi connectivity index (χ3v) is 3.10. The Balaban J connectivity index is 2.18. The van der Waals surface area contributed by atoms with E-state index in [2.05, 4.69) is 4.98 Å². The largest absolute Gasteiger partial charge is 0.333 e. The average Bonchev–Trinajstić information content (AvgIpc) is 2.44. The summed E-state index contributed by atoms with van der Waals surface area (Å²) in [5, 5.41) is 0.620. The molecule has 0 unspecified atom stereocenters. The first-order valence-corrected chi connectivity index (χ1v) is 6.64. The summed E-state index contributed by atoms with van der Waals surface area (Å²) in [6, 6.07) is 11.5. The van der Waals surface area contributed by atoms with Crippen LogP contribution in [0.15, 0.2) is 42.5 Å². The minimum atomic E-state index is -0.658. The van der Waals surface area contributed by atoms with Gasteiger partial charge in [0.1, 0.15) is 5.69 Å². The zero-order valence-electron chi connectivity index (χ0n) is 11.0. The number of pyridine rings is 1. The summed E-state index contributed by atoms with van der Waals surface area (Å²) in [5.41, 5.74) is 1.03. The molecule has 5 heteroatoms. The number of halogens is 2. The molecular formula is C15H14ClFN2O. The molecule has 20 heavy (non-hydrogen) atoms. The smallest absolute Gasteiger partial charge is 0.272 e. The molecule has 0 fully saturated rings. The van der Waals surface area contributed by atoms with E-state index < -0.39 is 5.95 Å². The predicted octanol–water partition coefficient (Wildman–Crippen LogP) is 3.54. The van der Waals surface area contributed by atoms with Gasteiger partial charge in [-0.25, -0.2) is 4.98 Å². The highest BCUT2D eigenvalue weighted by atomic mass is 35.5. The summed E-state index contributed by atoms with van der Waals surface area (Å²) < 4.78 is 13.1. The average molecular weight is 293 g/mol. The Morgan fingerprint density at radius 1 is 1.30 bits per heavy atom. The summed E-state index contributed by atoms with van der Waals surface area (Å²) in [6.45, 7) is 2.78. The predicted molar refractivity (Wildman–Crippen MR) is 76.1 cm³/mol. The van der Waals surface area contributed by atoms with Gasteiger partial charge in [-0.2, -0.15) is 4.39 Å². The summed E-state index contributed by atoms with van der Waals surface area (Å²) in [5.74, 6) is -0.957. The molecule has 104 valence electrons. The number of nitrogens with zero attached hydrogens (tertiary/aromatic N) is 2. The molecule has 0 aliphatic rings. The van der Waals surface area contributed by atoms with E-state index in [0.717, 1.165) is 5.56 Å². The van der Waals surface area contributed by atoms with Gasteiger partial charge in [-0.1, -0.05) is 29.8 Å². The van der Waals surface area contributed by atoms with Crippen LogP contribution < -0.4 is 0 Å². The van der Waals surface area contributed by atoms with Crippen molar-refractivity contribution in [2.75, 3.05) is 6.54 Å². The molecule has 1 aromatic carbocycles. The van der Waals surface area contributed by atoms with Crippen LogP contribution in [0.1, 0.15) is 23.0 Å². The van der Waals surface area contributed by atoms with Gasteiger partial charge >= 0.3 is 0 Å². The molecule has 0 saturated heterocycles. The molecule has 3 nitrogen and oxygen atoms in total. The molecule has 2 aromatic rings. The molecule has 0 N–H and O–H groups in total. The number of rotatable bonds is 4. The first-order chi connectivity index (χ1) is 9.60. The van der Waals surface area contributed by atoms with Crippen molar-refractivity contribution in [3.05, 3.63) is 64.7 Å². The molecule has 0 aliphatic carbocycles. The minimum Gasteiger partial charge on any atom is -0.333 e. The van der Waals surface area contributed by atoms with E-state index in [1.165, 1.54) is 18.2 Å². The van der Waals surface area contributed by atoms with Gasteiger partial charge in [0.05, 0.1) is 0 Å². The standard InChI is InChI=1S/C15H14ClFN2O/c1-2-19(10-11-5-3-6-12(16)9-11)15(20)13-7-4-8-14(17)18-13/h3-9H,2,10H2,1H3. The summed E-state index contributed by atoms with van der Waals surface area (Å²) in [6.07, 6.45) is 0. The van der Waals surface area contributed by atoms with Gasteiger partial charge in [0.2, 0.25) is 5.95 Å². The number of benzene rings is 1. The Hall–Kier alpha value is -1.94. The van der Waals surface area contributed by atoms with Gasteiger partial charge in [0.25, 0.3) is 5.91 Å². The summed E-state index contributed by atoms with van der Waals surface area (Å²) >= 11 is 5.92. The number of hydrogen-bond acceptors (Lipinski definition) is 2. The second kappa shape index (κ2) is 6.48. The van der Waals surface area contributed by atoms with Crippen molar-refractivity contribution in [2.24, 2.45) is 0 Å². The summed E-state index contributed by atoms with van der Waals surface area (Å²) in [7, 11) is 0. The Kier molecular flexibility index (Phi) is 4.69. The SMILES string of the molecule is CCN(Cc1cccc(Cl)c1)C(=O)c1cccc(F)n1. The maximum absolute atomic E-state index is 13.1. The van der Waals surface area contributed by atoms with Crippen molar-refractivity contribution >= 4 is 17.5 Å². The Morgan fingerprint density at radius 3 is 2.70 bits per heavy atom. The van der Waals surface area contributed by atoms with Crippen LogP contribution in [0.25, 0.3) is 0 Å². The molecule has 0 spiro atoms. The van der Waals surface area contributed by atoms with E-state index in [1.54, 1.807) is 17.0 Å². The lowest BCUT2D eigenvalue weighted by molar-refractivity contribution is 0.0745. The van der Waals surface area contributed by atoms with E-state index >= 15 is 0 Å².